The van der Waals surface area contributed by atoms with Gasteiger partial charge in [-0.3, -0.25) is 19.4 Å². The number of carbonyl (C=O) groups is 2. The van der Waals surface area contributed by atoms with Gasteiger partial charge in [-0.05, 0) is 56.7 Å². The first-order valence-corrected chi connectivity index (χ1v) is 11.1. The van der Waals surface area contributed by atoms with Gasteiger partial charge in [-0.25, -0.2) is 4.39 Å². The zero-order valence-corrected chi connectivity index (χ0v) is 18.4. The van der Waals surface area contributed by atoms with Crippen molar-refractivity contribution >= 4 is 17.5 Å². The Balaban J connectivity index is 1.42. The molecule has 1 unspecified atom stereocenters. The van der Waals surface area contributed by atoms with E-state index in [0.717, 1.165) is 44.9 Å². The molecule has 2 aliphatic rings. The second-order valence-corrected chi connectivity index (χ2v) is 8.91. The highest BCUT2D eigenvalue weighted by atomic mass is 19.1. The summed E-state index contributed by atoms with van der Waals surface area (Å²) in [5, 5.41) is 2.78. The number of likely N-dealkylation sites (N-methyl/N-ethyl adjacent to an activating group) is 1. The van der Waals surface area contributed by atoms with Crippen LogP contribution in [0.15, 0.2) is 24.3 Å². The maximum Gasteiger partial charge on any atom is 0.241 e. The van der Waals surface area contributed by atoms with E-state index < -0.39 is 0 Å². The molecular weight excluding hydrogens is 383 g/mol. The summed E-state index contributed by atoms with van der Waals surface area (Å²) in [6, 6.07) is 6.00. The molecule has 1 heterocycles. The van der Waals surface area contributed by atoms with Crippen LogP contribution in [0, 0.1) is 11.7 Å². The van der Waals surface area contributed by atoms with Crippen LogP contribution in [0.4, 0.5) is 10.1 Å². The van der Waals surface area contributed by atoms with E-state index in [1.54, 1.807) is 12.1 Å². The molecular formula is C23H35FN4O2. The van der Waals surface area contributed by atoms with Crippen molar-refractivity contribution in [2.45, 2.75) is 51.6 Å². The van der Waals surface area contributed by atoms with Gasteiger partial charge in [-0.2, -0.15) is 0 Å². The van der Waals surface area contributed by atoms with Crippen LogP contribution >= 0.6 is 0 Å². The molecule has 1 aliphatic carbocycles. The fourth-order valence-electron chi connectivity index (χ4n) is 4.42. The molecule has 166 valence electrons. The molecule has 1 saturated heterocycles. The quantitative estimate of drug-likeness (QED) is 0.772. The summed E-state index contributed by atoms with van der Waals surface area (Å²) in [5.74, 6) is 0.459. The van der Waals surface area contributed by atoms with Gasteiger partial charge in [0.15, 0.2) is 0 Å². The molecule has 2 amide bonds. The lowest BCUT2D eigenvalue weighted by atomic mass is 9.87. The van der Waals surface area contributed by atoms with Crippen LogP contribution in [0.2, 0.25) is 0 Å². The summed E-state index contributed by atoms with van der Waals surface area (Å²) >= 11 is 0. The first-order chi connectivity index (χ1) is 14.3. The minimum absolute atomic E-state index is 0.142. The Morgan fingerprint density at radius 1 is 1.17 bits per heavy atom. The Labute approximate surface area is 179 Å². The van der Waals surface area contributed by atoms with Crippen LogP contribution in [0.3, 0.4) is 0 Å². The van der Waals surface area contributed by atoms with Crippen molar-refractivity contribution in [3.8, 4) is 0 Å². The highest BCUT2D eigenvalue weighted by Crippen LogP contribution is 2.26. The summed E-state index contributed by atoms with van der Waals surface area (Å²) in [5.41, 5.74) is 0.469. The fraction of sp³-hybridized carbons (Fsp3) is 0.652. The van der Waals surface area contributed by atoms with Gasteiger partial charge in [0, 0.05) is 45.0 Å². The van der Waals surface area contributed by atoms with E-state index in [4.69, 9.17) is 0 Å². The third-order valence-corrected chi connectivity index (χ3v) is 6.71. The maximum atomic E-state index is 13.3. The predicted octanol–water partition coefficient (Wildman–Crippen LogP) is 2.81. The molecule has 0 aromatic heterocycles. The summed E-state index contributed by atoms with van der Waals surface area (Å²) in [7, 11) is 1.94. The first kappa shape index (κ1) is 22.7. The Kier molecular flexibility index (Phi) is 7.83. The van der Waals surface area contributed by atoms with Gasteiger partial charge in [0.2, 0.25) is 11.8 Å². The Hall–Kier alpha value is -1.99. The fourth-order valence-corrected chi connectivity index (χ4v) is 4.42. The average molecular weight is 419 g/mol. The average Bonchev–Trinajstić information content (AvgIpc) is 2.73. The summed E-state index contributed by atoms with van der Waals surface area (Å²) in [6.45, 7) is 7.59. The SMILES string of the molecule is CC1CCC(N(C)C(=O)CN2CCN(C(C)C(=O)Nc3cccc(F)c3)CC2)CC1. The van der Waals surface area contributed by atoms with Crippen LogP contribution in [0.5, 0.6) is 0 Å². The second kappa shape index (κ2) is 10.4. The van der Waals surface area contributed by atoms with Crippen molar-refractivity contribution in [2.75, 3.05) is 45.1 Å². The van der Waals surface area contributed by atoms with E-state index in [1.807, 2.05) is 18.9 Å². The standard InChI is InChI=1S/C23H35FN4O2/c1-17-7-9-21(10-8-17)26(3)22(29)16-27-11-13-28(14-12-27)18(2)23(30)25-20-6-4-5-19(24)15-20/h4-6,15,17-18,21H,7-14,16H2,1-3H3,(H,25,30). The number of halogens is 1. The molecule has 3 rings (SSSR count). The van der Waals surface area contributed by atoms with Crippen molar-refractivity contribution in [2.24, 2.45) is 5.92 Å². The number of rotatable bonds is 6. The van der Waals surface area contributed by atoms with E-state index >= 15 is 0 Å². The number of anilines is 1. The molecule has 1 aliphatic heterocycles. The third-order valence-electron chi connectivity index (χ3n) is 6.71. The molecule has 1 aromatic rings. The van der Waals surface area contributed by atoms with Gasteiger partial charge >= 0.3 is 0 Å². The minimum Gasteiger partial charge on any atom is -0.342 e. The second-order valence-electron chi connectivity index (χ2n) is 8.91. The number of benzene rings is 1. The zero-order chi connectivity index (χ0) is 21.7. The van der Waals surface area contributed by atoms with Gasteiger partial charge in [0.05, 0.1) is 12.6 Å². The molecule has 1 atom stereocenters. The van der Waals surface area contributed by atoms with Gasteiger partial charge in [0.1, 0.15) is 5.82 Å². The Morgan fingerprint density at radius 2 is 1.83 bits per heavy atom. The van der Waals surface area contributed by atoms with E-state index in [1.165, 1.54) is 25.0 Å². The molecule has 1 saturated carbocycles. The van der Waals surface area contributed by atoms with Crippen LogP contribution in [-0.4, -0.2) is 78.4 Å². The predicted molar refractivity (Wildman–Crippen MR) is 117 cm³/mol. The number of amides is 2. The summed E-state index contributed by atoms with van der Waals surface area (Å²) < 4.78 is 13.3. The van der Waals surface area contributed by atoms with Crippen molar-refractivity contribution in [3.05, 3.63) is 30.1 Å². The van der Waals surface area contributed by atoms with Crippen molar-refractivity contribution in [1.82, 2.24) is 14.7 Å². The largest absolute Gasteiger partial charge is 0.342 e. The van der Waals surface area contributed by atoms with Crippen molar-refractivity contribution < 1.29 is 14.0 Å². The minimum atomic E-state index is -0.369. The Bertz CT molecular complexity index is 728. The lowest BCUT2D eigenvalue weighted by Crippen LogP contribution is -2.54. The van der Waals surface area contributed by atoms with Crippen LogP contribution in [0.25, 0.3) is 0 Å². The summed E-state index contributed by atoms with van der Waals surface area (Å²) in [6.07, 6.45) is 4.62. The molecule has 2 fully saturated rings. The monoisotopic (exact) mass is 418 g/mol. The van der Waals surface area contributed by atoms with Crippen LogP contribution < -0.4 is 5.32 Å². The van der Waals surface area contributed by atoms with Gasteiger partial charge in [0.25, 0.3) is 0 Å². The van der Waals surface area contributed by atoms with Gasteiger partial charge in [-0.1, -0.05) is 13.0 Å². The van der Waals surface area contributed by atoms with E-state index in [9.17, 15) is 14.0 Å². The summed E-state index contributed by atoms with van der Waals surface area (Å²) in [4.78, 5) is 31.5. The zero-order valence-electron chi connectivity index (χ0n) is 18.4. The van der Waals surface area contributed by atoms with Gasteiger partial charge < -0.3 is 10.2 Å². The molecule has 30 heavy (non-hydrogen) atoms. The van der Waals surface area contributed by atoms with Crippen LogP contribution in [-0.2, 0) is 9.59 Å². The van der Waals surface area contributed by atoms with E-state index in [2.05, 4.69) is 22.0 Å². The number of hydrogen-bond acceptors (Lipinski definition) is 4. The first-order valence-electron chi connectivity index (χ1n) is 11.1. The molecule has 0 spiro atoms. The highest BCUT2D eigenvalue weighted by Gasteiger charge is 2.29. The van der Waals surface area contributed by atoms with Gasteiger partial charge in [-0.15, -0.1) is 0 Å². The number of carbonyl (C=O) groups excluding carboxylic acids is 2. The topological polar surface area (TPSA) is 55.9 Å². The molecule has 1 aromatic carbocycles. The number of hydrogen-bond donors (Lipinski definition) is 1. The van der Waals surface area contributed by atoms with E-state index in [-0.39, 0.29) is 23.7 Å². The van der Waals surface area contributed by atoms with E-state index in [0.29, 0.717) is 18.3 Å². The smallest absolute Gasteiger partial charge is 0.241 e. The number of nitrogens with one attached hydrogen (secondary N) is 1. The molecule has 1 N–H and O–H groups in total. The molecule has 7 heteroatoms. The highest BCUT2D eigenvalue weighted by molar-refractivity contribution is 5.94. The van der Waals surface area contributed by atoms with Crippen LogP contribution in [0.1, 0.15) is 39.5 Å². The maximum absolute atomic E-state index is 13.3. The molecule has 0 radical (unpaired) electrons. The van der Waals surface area contributed by atoms with Crippen molar-refractivity contribution in [3.63, 3.8) is 0 Å². The third kappa shape index (κ3) is 6.01. The number of piperazine rings is 1. The number of nitrogens with zero attached hydrogens (tertiary/aromatic N) is 3. The molecule has 6 nitrogen and oxygen atoms in total. The Morgan fingerprint density at radius 3 is 2.47 bits per heavy atom. The normalized spacial score (nSPS) is 24.3. The lowest BCUT2D eigenvalue weighted by molar-refractivity contribution is -0.134. The molecule has 0 bridgehead atoms. The van der Waals surface area contributed by atoms with Crippen molar-refractivity contribution in [1.29, 1.82) is 0 Å². The lowest BCUT2D eigenvalue weighted by Gasteiger charge is -2.39.